The Hall–Kier alpha value is -2.55. The van der Waals surface area contributed by atoms with E-state index in [9.17, 15) is 10.1 Å². The van der Waals surface area contributed by atoms with Crippen molar-refractivity contribution in [2.45, 2.75) is 39.0 Å². The lowest BCUT2D eigenvalue weighted by Gasteiger charge is -2.39. The molecule has 1 atom stereocenters. The van der Waals surface area contributed by atoms with Crippen LogP contribution in [-0.4, -0.2) is 5.78 Å². The van der Waals surface area contributed by atoms with Gasteiger partial charge in [0.25, 0.3) is 0 Å². The number of benzene rings is 1. The monoisotopic (exact) mass is 409 g/mol. The van der Waals surface area contributed by atoms with Crippen LogP contribution in [0.2, 0.25) is 5.02 Å². The fourth-order valence-corrected chi connectivity index (χ4v) is 5.43. The molecule has 2 aliphatic rings. The van der Waals surface area contributed by atoms with E-state index in [2.05, 4.69) is 12.1 Å². The van der Waals surface area contributed by atoms with Gasteiger partial charge in [-0.2, -0.15) is 5.26 Å². The van der Waals surface area contributed by atoms with Crippen LogP contribution in [0.3, 0.4) is 0 Å². The van der Waals surface area contributed by atoms with Crippen LogP contribution in [0, 0.1) is 25.2 Å². The van der Waals surface area contributed by atoms with E-state index in [1.165, 1.54) is 0 Å². The Morgan fingerprint density at radius 1 is 1.29 bits per heavy atom. The van der Waals surface area contributed by atoms with Crippen LogP contribution in [-0.2, 0) is 4.79 Å². The molecule has 0 spiro atoms. The molecule has 0 saturated heterocycles. The van der Waals surface area contributed by atoms with Gasteiger partial charge in [-0.05, 0) is 50.5 Å². The minimum atomic E-state index is -0.406. The largest absolute Gasteiger partial charge is 0.384 e. The summed E-state index contributed by atoms with van der Waals surface area (Å²) in [6.07, 6.45) is 1.99. The van der Waals surface area contributed by atoms with Crippen LogP contribution in [0.1, 0.15) is 40.5 Å². The highest BCUT2D eigenvalue weighted by Crippen LogP contribution is 2.48. The molecule has 6 heteroatoms. The van der Waals surface area contributed by atoms with Crippen LogP contribution < -0.4 is 10.6 Å². The molecule has 0 saturated carbocycles. The van der Waals surface area contributed by atoms with Gasteiger partial charge in [0, 0.05) is 27.4 Å². The number of ketones is 1. The summed E-state index contributed by atoms with van der Waals surface area (Å²) < 4.78 is 0. The van der Waals surface area contributed by atoms with Crippen molar-refractivity contribution in [3.8, 4) is 6.07 Å². The molecule has 4 nitrogen and oxygen atoms in total. The van der Waals surface area contributed by atoms with Gasteiger partial charge in [0.2, 0.25) is 0 Å². The highest BCUT2D eigenvalue weighted by atomic mass is 35.5. The van der Waals surface area contributed by atoms with E-state index in [0.29, 0.717) is 34.1 Å². The Bertz CT molecular complexity index is 1090. The molecule has 2 heterocycles. The van der Waals surface area contributed by atoms with Gasteiger partial charge in [-0.3, -0.25) is 9.69 Å². The fraction of sp³-hybridized carbons (Fsp3) is 0.273. The second kappa shape index (κ2) is 7.12. The standard InChI is InChI=1S/C22H20ClN3OS/c1-12-10-14(13(2)28-12)20-15(11-24)22(25)26(17-7-4-3-6-16(17)23)18-8-5-9-19(27)21(18)20/h3-4,6-7,10,20H,5,8-9,25H2,1-2H3. The Morgan fingerprint density at radius 3 is 2.68 bits per heavy atom. The summed E-state index contributed by atoms with van der Waals surface area (Å²) in [4.78, 5) is 17.2. The summed E-state index contributed by atoms with van der Waals surface area (Å²) in [5.41, 5.74) is 10.2. The number of carbonyl (C=O) groups excluding carboxylic acids is 1. The summed E-state index contributed by atoms with van der Waals surface area (Å²) in [7, 11) is 0. The molecule has 0 radical (unpaired) electrons. The van der Waals surface area contributed by atoms with Crippen molar-refractivity contribution in [1.29, 1.82) is 5.26 Å². The Labute approximate surface area is 173 Å². The van der Waals surface area contributed by atoms with Gasteiger partial charge in [-0.25, -0.2) is 0 Å². The number of nitrogens with zero attached hydrogens (tertiary/aromatic N) is 2. The van der Waals surface area contributed by atoms with Gasteiger partial charge in [0.15, 0.2) is 5.78 Å². The number of halogens is 1. The third-order valence-electron chi connectivity index (χ3n) is 5.40. The van der Waals surface area contributed by atoms with Crippen molar-refractivity contribution in [2.75, 3.05) is 4.90 Å². The Morgan fingerprint density at radius 2 is 2.04 bits per heavy atom. The summed E-state index contributed by atoms with van der Waals surface area (Å²) in [6.45, 7) is 4.07. The van der Waals surface area contributed by atoms with E-state index in [1.54, 1.807) is 17.4 Å². The fourth-order valence-electron chi connectivity index (χ4n) is 4.24. The SMILES string of the molecule is Cc1cc(C2C(C#N)=C(N)N(c3ccccc3Cl)C3=C2C(=O)CCC3)c(C)s1. The molecule has 28 heavy (non-hydrogen) atoms. The van der Waals surface area contributed by atoms with Crippen LogP contribution in [0.15, 0.2) is 53.0 Å². The summed E-state index contributed by atoms with van der Waals surface area (Å²) in [5.74, 6) is 0.0422. The first-order valence-electron chi connectivity index (χ1n) is 9.21. The lowest BCUT2D eigenvalue weighted by molar-refractivity contribution is -0.116. The minimum Gasteiger partial charge on any atom is -0.384 e. The van der Waals surface area contributed by atoms with Gasteiger partial charge in [0.1, 0.15) is 5.82 Å². The molecule has 0 amide bonds. The van der Waals surface area contributed by atoms with Crippen LogP contribution in [0.5, 0.6) is 0 Å². The summed E-state index contributed by atoms with van der Waals surface area (Å²) >= 11 is 8.13. The highest BCUT2D eigenvalue weighted by Gasteiger charge is 2.41. The first-order chi connectivity index (χ1) is 13.4. The van der Waals surface area contributed by atoms with Crippen molar-refractivity contribution in [2.24, 2.45) is 5.73 Å². The van der Waals surface area contributed by atoms with Gasteiger partial charge < -0.3 is 5.73 Å². The number of aryl methyl sites for hydroxylation is 2. The molecule has 0 fully saturated rings. The molecule has 1 aliphatic carbocycles. The molecular formula is C22H20ClN3OS. The second-order valence-corrected chi connectivity index (χ2v) is 9.00. The van der Waals surface area contributed by atoms with Crippen molar-refractivity contribution in [3.05, 3.63) is 73.3 Å². The quantitative estimate of drug-likeness (QED) is 0.728. The van der Waals surface area contributed by atoms with Gasteiger partial charge in [-0.1, -0.05) is 23.7 Å². The van der Waals surface area contributed by atoms with E-state index in [4.69, 9.17) is 17.3 Å². The molecule has 1 aliphatic heterocycles. The normalized spacial score (nSPS) is 19.7. The number of hydrogen-bond acceptors (Lipinski definition) is 5. The van der Waals surface area contributed by atoms with E-state index >= 15 is 0 Å². The molecule has 1 aromatic carbocycles. The Kier molecular flexibility index (Phi) is 4.78. The highest BCUT2D eigenvalue weighted by molar-refractivity contribution is 7.12. The molecule has 4 rings (SSSR count). The maximum absolute atomic E-state index is 13.1. The zero-order valence-electron chi connectivity index (χ0n) is 15.8. The molecule has 0 bridgehead atoms. The number of thiophene rings is 1. The number of rotatable bonds is 2. The van der Waals surface area contributed by atoms with Crippen molar-refractivity contribution in [1.82, 2.24) is 0 Å². The predicted molar refractivity (Wildman–Crippen MR) is 113 cm³/mol. The van der Waals surface area contributed by atoms with Crippen LogP contribution >= 0.6 is 22.9 Å². The van der Waals surface area contributed by atoms with Crippen LogP contribution in [0.4, 0.5) is 5.69 Å². The number of nitriles is 1. The molecule has 2 N–H and O–H groups in total. The van der Waals surface area contributed by atoms with Crippen molar-refractivity contribution in [3.63, 3.8) is 0 Å². The second-order valence-electron chi connectivity index (χ2n) is 7.14. The minimum absolute atomic E-state index is 0.0896. The van der Waals surface area contributed by atoms with E-state index in [0.717, 1.165) is 33.9 Å². The topological polar surface area (TPSA) is 70.1 Å². The third-order valence-corrected chi connectivity index (χ3v) is 6.70. The first kappa shape index (κ1) is 18.8. The number of anilines is 1. The number of Topliss-reactive ketones (excluding diaryl/α,β-unsaturated/α-hetero) is 1. The average molecular weight is 410 g/mol. The van der Waals surface area contributed by atoms with Crippen LogP contribution in [0.25, 0.3) is 0 Å². The number of carbonyl (C=O) groups is 1. The van der Waals surface area contributed by atoms with Crippen molar-refractivity contribution < 1.29 is 4.79 Å². The van der Waals surface area contributed by atoms with E-state index in [1.807, 2.05) is 36.9 Å². The van der Waals surface area contributed by atoms with Gasteiger partial charge >= 0.3 is 0 Å². The maximum Gasteiger partial charge on any atom is 0.161 e. The van der Waals surface area contributed by atoms with Gasteiger partial charge in [0.05, 0.1) is 28.3 Å². The van der Waals surface area contributed by atoms with Gasteiger partial charge in [-0.15, -0.1) is 11.3 Å². The number of hydrogen-bond donors (Lipinski definition) is 1. The molecule has 2 aromatic rings. The smallest absolute Gasteiger partial charge is 0.161 e. The van der Waals surface area contributed by atoms with E-state index in [-0.39, 0.29) is 5.78 Å². The maximum atomic E-state index is 13.1. The molecule has 1 unspecified atom stereocenters. The first-order valence-corrected chi connectivity index (χ1v) is 10.4. The van der Waals surface area contributed by atoms with Crippen molar-refractivity contribution >= 4 is 34.4 Å². The summed E-state index contributed by atoms with van der Waals surface area (Å²) in [6, 6.07) is 11.8. The number of allylic oxidation sites excluding steroid dienone is 3. The molecular weight excluding hydrogens is 390 g/mol. The van der Waals surface area contributed by atoms with E-state index < -0.39 is 5.92 Å². The zero-order valence-corrected chi connectivity index (χ0v) is 17.3. The molecule has 1 aromatic heterocycles. The number of nitrogens with two attached hydrogens (primary N) is 1. The average Bonchev–Trinajstić information content (AvgIpc) is 3.00. The molecule has 142 valence electrons. The zero-order chi connectivity index (χ0) is 20.0. The third kappa shape index (κ3) is 2.85. The Balaban J connectivity index is 2.01. The lowest BCUT2D eigenvalue weighted by Crippen LogP contribution is -2.38. The lowest BCUT2D eigenvalue weighted by atomic mass is 9.75. The summed E-state index contributed by atoms with van der Waals surface area (Å²) in [5, 5.41) is 10.6. The predicted octanol–water partition coefficient (Wildman–Crippen LogP) is 5.32. The number of para-hydroxylation sites is 1.